The van der Waals surface area contributed by atoms with Crippen LogP contribution in [0.2, 0.25) is 5.02 Å². The Hall–Kier alpha value is -2.40. The number of carboxylic acid groups (broad SMARTS) is 1. The third kappa shape index (κ3) is 2.48. The van der Waals surface area contributed by atoms with Crippen molar-refractivity contribution in [1.29, 1.82) is 0 Å². The van der Waals surface area contributed by atoms with Crippen LogP contribution in [0.25, 0.3) is 10.9 Å². The van der Waals surface area contributed by atoms with Crippen LogP contribution in [-0.2, 0) is 6.54 Å². The third-order valence-electron chi connectivity index (χ3n) is 3.19. The van der Waals surface area contributed by atoms with Gasteiger partial charge in [0.2, 0.25) is 0 Å². The molecule has 0 saturated heterocycles. The molecule has 0 fully saturated rings. The summed E-state index contributed by atoms with van der Waals surface area (Å²) < 4.78 is 15.3. The van der Waals surface area contributed by atoms with Crippen LogP contribution in [0.5, 0.6) is 0 Å². The summed E-state index contributed by atoms with van der Waals surface area (Å²) in [6, 6.07) is 11.2. The van der Waals surface area contributed by atoms with E-state index in [2.05, 4.69) is 5.10 Å². The second kappa shape index (κ2) is 5.18. The molecule has 0 saturated carbocycles. The van der Waals surface area contributed by atoms with E-state index in [-0.39, 0.29) is 12.2 Å². The van der Waals surface area contributed by atoms with Gasteiger partial charge in [-0.1, -0.05) is 29.8 Å². The molecule has 4 nitrogen and oxygen atoms in total. The van der Waals surface area contributed by atoms with E-state index in [4.69, 9.17) is 11.6 Å². The molecular formula is C15H10ClFN2O2. The van der Waals surface area contributed by atoms with Crippen molar-refractivity contribution in [2.45, 2.75) is 6.54 Å². The maximum absolute atomic E-state index is 13.8. The number of fused-ring (bicyclic) bond motifs is 1. The fraction of sp³-hybridized carbons (Fsp3) is 0.0667. The number of carbonyl (C=O) groups is 1. The first-order chi connectivity index (χ1) is 10.1. The largest absolute Gasteiger partial charge is 0.476 e. The number of carboxylic acids is 1. The molecule has 3 rings (SSSR count). The molecule has 1 N–H and O–H groups in total. The Kier molecular flexibility index (Phi) is 3.35. The first-order valence-electron chi connectivity index (χ1n) is 6.19. The topological polar surface area (TPSA) is 55.1 Å². The van der Waals surface area contributed by atoms with Crippen molar-refractivity contribution in [3.63, 3.8) is 0 Å². The molecule has 1 aromatic heterocycles. The van der Waals surface area contributed by atoms with Crippen LogP contribution in [0.3, 0.4) is 0 Å². The molecule has 6 heteroatoms. The van der Waals surface area contributed by atoms with Crippen molar-refractivity contribution < 1.29 is 14.3 Å². The Bertz CT molecular complexity index is 845. The normalized spacial score (nSPS) is 11.0. The maximum atomic E-state index is 13.8. The van der Waals surface area contributed by atoms with Crippen LogP contribution in [0.1, 0.15) is 16.1 Å². The number of nitrogens with zero attached hydrogens (tertiary/aromatic N) is 2. The van der Waals surface area contributed by atoms with Crippen LogP contribution in [0, 0.1) is 5.82 Å². The van der Waals surface area contributed by atoms with E-state index in [0.29, 0.717) is 21.5 Å². The minimum Gasteiger partial charge on any atom is -0.476 e. The van der Waals surface area contributed by atoms with E-state index in [1.54, 1.807) is 24.3 Å². The number of halogens is 2. The highest BCUT2D eigenvalue weighted by Gasteiger charge is 2.16. The van der Waals surface area contributed by atoms with Gasteiger partial charge in [-0.05, 0) is 24.3 Å². The lowest BCUT2D eigenvalue weighted by Gasteiger charge is -2.05. The van der Waals surface area contributed by atoms with E-state index in [0.717, 1.165) is 0 Å². The van der Waals surface area contributed by atoms with Crippen LogP contribution in [0.15, 0.2) is 42.5 Å². The van der Waals surface area contributed by atoms with Crippen LogP contribution in [0.4, 0.5) is 4.39 Å². The molecule has 106 valence electrons. The van der Waals surface area contributed by atoms with Crippen molar-refractivity contribution >= 4 is 28.5 Å². The first kappa shape index (κ1) is 13.6. The molecule has 0 aliphatic heterocycles. The summed E-state index contributed by atoms with van der Waals surface area (Å²) in [5, 5.41) is 14.2. The zero-order chi connectivity index (χ0) is 15.0. The lowest BCUT2D eigenvalue weighted by Crippen LogP contribution is -2.06. The zero-order valence-electron chi connectivity index (χ0n) is 10.8. The lowest BCUT2D eigenvalue weighted by atomic mass is 10.2. The van der Waals surface area contributed by atoms with Crippen LogP contribution < -0.4 is 0 Å². The molecule has 0 unspecified atom stereocenters. The zero-order valence-corrected chi connectivity index (χ0v) is 11.5. The molecule has 0 spiro atoms. The van der Waals surface area contributed by atoms with Crippen molar-refractivity contribution in [2.75, 3.05) is 0 Å². The highest BCUT2D eigenvalue weighted by molar-refractivity contribution is 6.30. The number of aromatic nitrogens is 2. The van der Waals surface area contributed by atoms with Gasteiger partial charge in [0, 0.05) is 16.0 Å². The van der Waals surface area contributed by atoms with Gasteiger partial charge in [0.25, 0.3) is 0 Å². The molecule has 21 heavy (non-hydrogen) atoms. The Morgan fingerprint density at radius 1 is 1.29 bits per heavy atom. The first-order valence-corrected chi connectivity index (χ1v) is 6.57. The summed E-state index contributed by atoms with van der Waals surface area (Å²) in [5.41, 5.74) is 0.940. The minimum atomic E-state index is -1.11. The number of para-hydroxylation sites is 1. The van der Waals surface area contributed by atoms with Gasteiger partial charge in [0.15, 0.2) is 5.69 Å². The number of hydrogen-bond donors (Lipinski definition) is 1. The SMILES string of the molecule is O=C(O)c1nn(Cc2cc(Cl)ccc2F)c2ccccc12. The van der Waals surface area contributed by atoms with Gasteiger partial charge in [-0.25, -0.2) is 9.18 Å². The molecule has 3 aromatic rings. The summed E-state index contributed by atoms with van der Waals surface area (Å²) >= 11 is 5.87. The predicted octanol–water partition coefficient (Wildman–Crippen LogP) is 3.58. The average Bonchev–Trinajstić information content (AvgIpc) is 2.82. The molecular weight excluding hydrogens is 295 g/mol. The van der Waals surface area contributed by atoms with E-state index < -0.39 is 11.8 Å². The molecule has 1 heterocycles. The van der Waals surface area contributed by atoms with Crippen LogP contribution >= 0.6 is 11.6 Å². The molecule has 0 atom stereocenters. The Balaban J connectivity index is 2.13. The highest BCUT2D eigenvalue weighted by Crippen LogP contribution is 2.21. The molecule has 0 aliphatic carbocycles. The van der Waals surface area contributed by atoms with Crippen molar-refractivity contribution in [3.8, 4) is 0 Å². The number of rotatable bonds is 3. The maximum Gasteiger partial charge on any atom is 0.357 e. The van der Waals surface area contributed by atoms with Gasteiger partial charge in [-0.2, -0.15) is 5.10 Å². The molecule has 0 amide bonds. The molecule has 0 aliphatic rings. The van der Waals surface area contributed by atoms with Crippen LogP contribution in [-0.4, -0.2) is 20.9 Å². The predicted molar refractivity (Wildman–Crippen MR) is 77.2 cm³/mol. The Morgan fingerprint density at radius 2 is 2.05 bits per heavy atom. The standard InChI is InChI=1S/C15H10ClFN2O2/c16-10-5-6-12(17)9(7-10)8-19-13-4-2-1-3-11(13)14(18-19)15(20)21/h1-7H,8H2,(H,20,21). The van der Waals surface area contributed by atoms with Crippen molar-refractivity contribution in [3.05, 3.63) is 64.6 Å². The van der Waals surface area contributed by atoms with Gasteiger partial charge in [-0.15, -0.1) is 0 Å². The molecule has 2 aromatic carbocycles. The fourth-order valence-corrected chi connectivity index (χ4v) is 2.43. The highest BCUT2D eigenvalue weighted by atomic mass is 35.5. The summed E-state index contributed by atoms with van der Waals surface area (Å²) in [4.78, 5) is 11.2. The summed E-state index contributed by atoms with van der Waals surface area (Å²) in [6.45, 7) is 0.111. The van der Waals surface area contributed by atoms with Gasteiger partial charge in [0.1, 0.15) is 5.82 Å². The molecule has 0 bridgehead atoms. The summed E-state index contributed by atoms with van der Waals surface area (Å²) in [7, 11) is 0. The van der Waals surface area contributed by atoms with E-state index in [1.165, 1.54) is 22.9 Å². The van der Waals surface area contributed by atoms with Gasteiger partial charge < -0.3 is 5.11 Å². The van der Waals surface area contributed by atoms with Crippen molar-refractivity contribution in [2.24, 2.45) is 0 Å². The van der Waals surface area contributed by atoms with Gasteiger partial charge >= 0.3 is 5.97 Å². The van der Waals surface area contributed by atoms with E-state index in [1.807, 2.05) is 0 Å². The van der Waals surface area contributed by atoms with E-state index >= 15 is 0 Å². The summed E-state index contributed by atoms with van der Waals surface area (Å²) in [5.74, 6) is -1.52. The Morgan fingerprint density at radius 3 is 2.81 bits per heavy atom. The fourth-order valence-electron chi connectivity index (χ4n) is 2.23. The number of aromatic carboxylic acids is 1. The second-order valence-electron chi connectivity index (χ2n) is 4.56. The molecule has 0 radical (unpaired) electrons. The minimum absolute atomic E-state index is 0.0481. The van der Waals surface area contributed by atoms with Gasteiger partial charge in [0.05, 0.1) is 12.1 Å². The smallest absolute Gasteiger partial charge is 0.357 e. The quantitative estimate of drug-likeness (QED) is 0.804. The van der Waals surface area contributed by atoms with Gasteiger partial charge in [-0.3, -0.25) is 4.68 Å². The monoisotopic (exact) mass is 304 g/mol. The third-order valence-corrected chi connectivity index (χ3v) is 3.42. The Labute approximate surface area is 124 Å². The second-order valence-corrected chi connectivity index (χ2v) is 5.00. The lowest BCUT2D eigenvalue weighted by molar-refractivity contribution is 0.0691. The number of hydrogen-bond acceptors (Lipinski definition) is 2. The van der Waals surface area contributed by atoms with E-state index in [9.17, 15) is 14.3 Å². The summed E-state index contributed by atoms with van der Waals surface area (Å²) in [6.07, 6.45) is 0. The van der Waals surface area contributed by atoms with Crippen molar-refractivity contribution in [1.82, 2.24) is 9.78 Å². The average molecular weight is 305 g/mol. The number of benzene rings is 2.